The predicted molar refractivity (Wildman–Crippen MR) is 66.3 cm³/mol. The minimum Gasteiger partial charge on any atom is -0.390 e. The SMILES string of the molecule is C[C@]1(F)[C@H](n2cnc3c(N)ncnc32)O[C@](F)(CO)[C@H]1O. The average Bonchev–Trinajstić information content (AvgIpc) is 2.94. The summed E-state index contributed by atoms with van der Waals surface area (Å²) in [6, 6.07) is 0. The van der Waals surface area contributed by atoms with E-state index in [1.165, 1.54) is 0 Å². The topological polar surface area (TPSA) is 119 Å². The summed E-state index contributed by atoms with van der Waals surface area (Å²) in [5, 5.41) is 18.7. The molecule has 1 saturated heterocycles. The molecule has 0 bridgehead atoms. The summed E-state index contributed by atoms with van der Waals surface area (Å²) in [5.41, 5.74) is 3.44. The van der Waals surface area contributed by atoms with Gasteiger partial charge in [-0.25, -0.2) is 23.7 Å². The van der Waals surface area contributed by atoms with Gasteiger partial charge in [-0.3, -0.25) is 4.57 Å². The van der Waals surface area contributed by atoms with E-state index in [-0.39, 0.29) is 17.0 Å². The van der Waals surface area contributed by atoms with E-state index in [1.807, 2.05) is 0 Å². The number of aromatic nitrogens is 4. The first-order valence-corrected chi connectivity index (χ1v) is 6.09. The van der Waals surface area contributed by atoms with Gasteiger partial charge in [-0.1, -0.05) is 0 Å². The van der Waals surface area contributed by atoms with Gasteiger partial charge < -0.3 is 20.7 Å². The van der Waals surface area contributed by atoms with E-state index in [2.05, 4.69) is 15.0 Å². The van der Waals surface area contributed by atoms with Crippen LogP contribution in [0.15, 0.2) is 12.7 Å². The molecule has 0 spiro atoms. The third kappa shape index (κ3) is 1.79. The van der Waals surface area contributed by atoms with Crippen molar-refractivity contribution in [2.45, 2.75) is 30.8 Å². The lowest BCUT2D eigenvalue weighted by Gasteiger charge is -2.24. The molecule has 1 aliphatic heterocycles. The Kier molecular flexibility index (Phi) is 2.87. The van der Waals surface area contributed by atoms with Gasteiger partial charge in [0.2, 0.25) is 0 Å². The van der Waals surface area contributed by atoms with Crippen LogP contribution in [0.3, 0.4) is 0 Å². The van der Waals surface area contributed by atoms with Crippen molar-refractivity contribution in [1.29, 1.82) is 0 Å². The monoisotopic (exact) mass is 301 g/mol. The second-order valence-corrected chi connectivity index (χ2v) is 5.05. The van der Waals surface area contributed by atoms with Gasteiger partial charge in [0.1, 0.15) is 18.5 Å². The van der Waals surface area contributed by atoms with Gasteiger partial charge in [-0.2, -0.15) is 0 Å². The molecule has 8 nitrogen and oxygen atoms in total. The molecule has 0 aliphatic carbocycles. The number of hydrogen-bond donors (Lipinski definition) is 3. The van der Waals surface area contributed by atoms with E-state index < -0.39 is 30.5 Å². The molecule has 4 atom stereocenters. The lowest BCUT2D eigenvalue weighted by atomic mass is 9.97. The number of halogens is 2. The Morgan fingerprint density at radius 3 is 2.76 bits per heavy atom. The number of aliphatic hydroxyl groups excluding tert-OH is 2. The summed E-state index contributed by atoms with van der Waals surface area (Å²) < 4.78 is 34.9. The molecule has 21 heavy (non-hydrogen) atoms. The molecule has 3 rings (SSSR count). The average molecular weight is 301 g/mol. The number of aliphatic hydroxyl groups is 2. The predicted octanol–water partition coefficient (Wildman–Crippen LogP) is -0.316. The smallest absolute Gasteiger partial charge is 0.263 e. The van der Waals surface area contributed by atoms with Crippen LogP contribution in [-0.2, 0) is 4.74 Å². The summed E-state index contributed by atoms with van der Waals surface area (Å²) in [5.74, 6) is -2.84. The van der Waals surface area contributed by atoms with Crippen molar-refractivity contribution >= 4 is 17.0 Å². The summed E-state index contributed by atoms with van der Waals surface area (Å²) in [7, 11) is 0. The van der Waals surface area contributed by atoms with E-state index >= 15 is 0 Å². The van der Waals surface area contributed by atoms with Gasteiger partial charge in [0.05, 0.1) is 6.33 Å². The second kappa shape index (κ2) is 4.29. The number of alkyl halides is 2. The first-order chi connectivity index (χ1) is 9.81. The highest BCUT2D eigenvalue weighted by molar-refractivity contribution is 5.81. The number of anilines is 1. The Morgan fingerprint density at radius 2 is 2.14 bits per heavy atom. The fraction of sp³-hybridized carbons (Fsp3) is 0.545. The van der Waals surface area contributed by atoms with Crippen LogP contribution in [0.2, 0.25) is 0 Å². The highest BCUT2D eigenvalue weighted by Crippen LogP contribution is 2.48. The molecule has 0 radical (unpaired) electrons. The molecule has 4 N–H and O–H groups in total. The molecule has 114 valence electrons. The first-order valence-electron chi connectivity index (χ1n) is 6.09. The summed E-state index contributed by atoms with van der Waals surface area (Å²) in [6.45, 7) is -0.219. The van der Waals surface area contributed by atoms with Crippen LogP contribution in [0.4, 0.5) is 14.6 Å². The molecule has 1 aliphatic rings. The maximum Gasteiger partial charge on any atom is 0.263 e. The van der Waals surface area contributed by atoms with Crippen LogP contribution in [0.25, 0.3) is 11.2 Å². The van der Waals surface area contributed by atoms with Gasteiger partial charge in [-0.15, -0.1) is 0 Å². The van der Waals surface area contributed by atoms with Crippen LogP contribution in [0.5, 0.6) is 0 Å². The van der Waals surface area contributed by atoms with Crippen LogP contribution in [-0.4, -0.2) is 54.0 Å². The number of ether oxygens (including phenoxy) is 1. The molecule has 3 heterocycles. The Morgan fingerprint density at radius 1 is 1.43 bits per heavy atom. The molecule has 10 heteroatoms. The van der Waals surface area contributed by atoms with Crippen molar-refractivity contribution in [3.8, 4) is 0 Å². The number of nitrogens with zero attached hydrogens (tertiary/aromatic N) is 4. The minimum atomic E-state index is -2.91. The van der Waals surface area contributed by atoms with Crippen molar-refractivity contribution in [3.05, 3.63) is 12.7 Å². The molecule has 0 unspecified atom stereocenters. The van der Waals surface area contributed by atoms with E-state index in [0.717, 1.165) is 24.1 Å². The van der Waals surface area contributed by atoms with Crippen molar-refractivity contribution in [2.75, 3.05) is 12.3 Å². The van der Waals surface area contributed by atoms with Crippen molar-refractivity contribution < 1.29 is 23.7 Å². The number of rotatable bonds is 2. The molecule has 1 fully saturated rings. The zero-order valence-electron chi connectivity index (χ0n) is 10.9. The van der Waals surface area contributed by atoms with Gasteiger partial charge in [0.15, 0.2) is 29.5 Å². The number of imidazole rings is 1. The van der Waals surface area contributed by atoms with Gasteiger partial charge in [-0.05, 0) is 6.92 Å². The maximum absolute atomic E-state index is 14.7. The van der Waals surface area contributed by atoms with Gasteiger partial charge in [0, 0.05) is 0 Å². The van der Waals surface area contributed by atoms with E-state index in [9.17, 15) is 13.9 Å². The van der Waals surface area contributed by atoms with Crippen molar-refractivity contribution in [1.82, 2.24) is 19.5 Å². The summed E-state index contributed by atoms with van der Waals surface area (Å²) in [6.07, 6.45) is -1.43. The molecule has 2 aromatic heterocycles. The molecule has 0 aromatic carbocycles. The van der Waals surface area contributed by atoms with Crippen LogP contribution >= 0.6 is 0 Å². The zero-order valence-corrected chi connectivity index (χ0v) is 10.9. The summed E-state index contributed by atoms with van der Waals surface area (Å²) in [4.78, 5) is 11.6. The maximum atomic E-state index is 14.7. The first kappa shape index (κ1) is 14.0. The number of fused-ring (bicyclic) bond motifs is 1. The number of hydrogen-bond acceptors (Lipinski definition) is 7. The second-order valence-electron chi connectivity index (χ2n) is 5.05. The highest BCUT2D eigenvalue weighted by Gasteiger charge is 2.64. The Balaban J connectivity index is 2.13. The van der Waals surface area contributed by atoms with E-state index in [1.54, 1.807) is 0 Å². The van der Waals surface area contributed by atoms with Crippen molar-refractivity contribution in [3.63, 3.8) is 0 Å². The third-order valence-corrected chi connectivity index (χ3v) is 3.59. The highest BCUT2D eigenvalue weighted by atomic mass is 19.2. The van der Waals surface area contributed by atoms with Crippen LogP contribution < -0.4 is 5.73 Å². The molecule has 2 aromatic rings. The third-order valence-electron chi connectivity index (χ3n) is 3.59. The molecular formula is C11H13F2N5O3. The standard InChI is InChI=1S/C11H13F2N5O3/c1-10(12)8(20)11(13,2-19)21-9(10)18-4-17-5-6(14)15-3-16-7(5)18/h3-4,8-9,19-20H,2H2,1H3,(H2,14,15,16)/t8-,9+,10+,11+/m0/s1. The Labute approximate surface area is 117 Å². The Hall–Kier alpha value is -1.91. The van der Waals surface area contributed by atoms with Crippen LogP contribution in [0, 0.1) is 0 Å². The van der Waals surface area contributed by atoms with Gasteiger partial charge in [0.25, 0.3) is 5.85 Å². The van der Waals surface area contributed by atoms with E-state index in [0.29, 0.717) is 0 Å². The minimum absolute atomic E-state index is 0.0755. The molecular weight excluding hydrogens is 288 g/mol. The molecule has 0 saturated carbocycles. The zero-order chi connectivity index (χ0) is 15.4. The number of nitrogens with two attached hydrogens (primary N) is 1. The lowest BCUT2D eigenvalue weighted by Crippen LogP contribution is -2.46. The van der Waals surface area contributed by atoms with Crippen molar-refractivity contribution in [2.24, 2.45) is 0 Å². The Bertz CT molecular complexity index is 694. The fourth-order valence-corrected chi connectivity index (χ4v) is 2.42. The molecule has 0 amide bonds. The quantitative estimate of drug-likeness (QED) is 0.695. The lowest BCUT2D eigenvalue weighted by molar-refractivity contribution is -0.206. The number of nitrogen functional groups attached to an aromatic ring is 1. The largest absolute Gasteiger partial charge is 0.390 e. The van der Waals surface area contributed by atoms with Crippen LogP contribution in [0.1, 0.15) is 13.2 Å². The summed E-state index contributed by atoms with van der Waals surface area (Å²) >= 11 is 0. The van der Waals surface area contributed by atoms with Gasteiger partial charge >= 0.3 is 0 Å². The normalized spacial score (nSPS) is 36.4. The van der Waals surface area contributed by atoms with E-state index in [4.69, 9.17) is 15.6 Å². The fourth-order valence-electron chi connectivity index (χ4n) is 2.42.